The SMILES string of the molecule is NC(Cc1ccccc1)c1nnc2sc(SCc3cccc(F)c3)nn12. The third-order valence-electron chi connectivity index (χ3n) is 3.88. The molecule has 0 aliphatic carbocycles. The van der Waals surface area contributed by atoms with E-state index in [0.717, 1.165) is 15.5 Å². The van der Waals surface area contributed by atoms with Crippen molar-refractivity contribution in [3.05, 3.63) is 77.4 Å². The number of fused-ring (bicyclic) bond motifs is 1. The molecule has 0 fully saturated rings. The molecule has 0 bridgehead atoms. The molecule has 0 spiro atoms. The normalized spacial score (nSPS) is 12.5. The molecular weight excluding hydrogens is 369 g/mol. The van der Waals surface area contributed by atoms with E-state index < -0.39 is 0 Å². The third-order valence-corrected chi connectivity index (χ3v) is 5.98. The molecule has 0 radical (unpaired) electrons. The summed E-state index contributed by atoms with van der Waals surface area (Å²) in [5, 5.41) is 13.0. The van der Waals surface area contributed by atoms with E-state index in [4.69, 9.17) is 5.73 Å². The molecule has 0 saturated carbocycles. The van der Waals surface area contributed by atoms with Crippen LogP contribution in [0.25, 0.3) is 4.96 Å². The van der Waals surface area contributed by atoms with Crippen LogP contribution in [0, 0.1) is 5.82 Å². The largest absolute Gasteiger partial charge is 0.321 e. The van der Waals surface area contributed by atoms with Gasteiger partial charge in [-0.15, -0.1) is 15.3 Å². The molecule has 4 aromatic rings. The van der Waals surface area contributed by atoms with Crippen molar-refractivity contribution in [1.82, 2.24) is 19.8 Å². The first-order chi connectivity index (χ1) is 12.7. The number of nitrogens with zero attached hydrogens (tertiary/aromatic N) is 4. The lowest BCUT2D eigenvalue weighted by atomic mass is 10.1. The number of hydrogen-bond donors (Lipinski definition) is 1. The highest BCUT2D eigenvalue weighted by atomic mass is 32.2. The summed E-state index contributed by atoms with van der Waals surface area (Å²) >= 11 is 3.01. The Labute approximate surface area is 158 Å². The molecule has 0 aliphatic rings. The highest BCUT2D eigenvalue weighted by Gasteiger charge is 2.18. The van der Waals surface area contributed by atoms with Crippen molar-refractivity contribution in [3.63, 3.8) is 0 Å². The van der Waals surface area contributed by atoms with E-state index in [0.29, 0.717) is 23.0 Å². The molecule has 0 amide bonds. The molecule has 0 saturated heterocycles. The third kappa shape index (κ3) is 3.77. The summed E-state index contributed by atoms with van der Waals surface area (Å²) < 4.78 is 15.8. The minimum absolute atomic E-state index is 0.226. The fraction of sp³-hybridized carbons (Fsp3) is 0.167. The summed E-state index contributed by atoms with van der Waals surface area (Å²) in [6.07, 6.45) is 0.672. The van der Waals surface area contributed by atoms with Crippen molar-refractivity contribution in [1.29, 1.82) is 0 Å². The van der Waals surface area contributed by atoms with Crippen LogP contribution in [-0.4, -0.2) is 19.8 Å². The van der Waals surface area contributed by atoms with Crippen LogP contribution in [0.2, 0.25) is 0 Å². The van der Waals surface area contributed by atoms with Crippen LogP contribution in [0.15, 0.2) is 58.9 Å². The average Bonchev–Trinajstić information content (AvgIpc) is 3.21. The number of hydrogen-bond acceptors (Lipinski definition) is 6. The maximum Gasteiger partial charge on any atom is 0.235 e. The minimum Gasteiger partial charge on any atom is -0.321 e. The molecule has 132 valence electrons. The van der Waals surface area contributed by atoms with Gasteiger partial charge >= 0.3 is 0 Å². The monoisotopic (exact) mass is 385 g/mol. The predicted molar refractivity (Wildman–Crippen MR) is 102 cm³/mol. The maximum atomic E-state index is 13.3. The van der Waals surface area contributed by atoms with Crippen molar-refractivity contribution in [2.75, 3.05) is 0 Å². The molecule has 2 aromatic heterocycles. The predicted octanol–water partition coefficient (Wildman–Crippen LogP) is 3.86. The fourth-order valence-electron chi connectivity index (χ4n) is 2.64. The summed E-state index contributed by atoms with van der Waals surface area (Å²) in [5.74, 6) is 1.07. The number of aromatic nitrogens is 4. The molecule has 0 aliphatic heterocycles. The van der Waals surface area contributed by atoms with Crippen LogP contribution >= 0.6 is 23.1 Å². The Morgan fingerprint density at radius 3 is 2.69 bits per heavy atom. The molecule has 26 heavy (non-hydrogen) atoms. The summed E-state index contributed by atoms with van der Waals surface area (Å²) in [4.78, 5) is 0.713. The Bertz CT molecular complexity index is 1010. The molecule has 8 heteroatoms. The first kappa shape index (κ1) is 17.1. The zero-order valence-corrected chi connectivity index (χ0v) is 15.4. The molecule has 1 unspecified atom stereocenters. The van der Waals surface area contributed by atoms with Crippen molar-refractivity contribution in [2.24, 2.45) is 5.73 Å². The lowest BCUT2D eigenvalue weighted by Crippen LogP contribution is -2.17. The Balaban J connectivity index is 1.49. The van der Waals surface area contributed by atoms with E-state index >= 15 is 0 Å². The molecule has 2 aromatic carbocycles. The second kappa shape index (κ2) is 7.53. The smallest absolute Gasteiger partial charge is 0.235 e. The highest BCUT2D eigenvalue weighted by Crippen LogP contribution is 2.28. The van der Waals surface area contributed by atoms with Gasteiger partial charge in [-0.3, -0.25) is 0 Å². The van der Waals surface area contributed by atoms with Gasteiger partial charge in [0.1, 0.15) is 5.82 Å². The van der Waals surface area contributed by atoms with E-state index in [1.807, 2.05) is 36.4 Å². The van der Waals surface area contributed by atoms with Gasteiger partial charge in [0, 0.05) is 5.75 Å². The molecule has 4 rings (SSSR count). The topological polar surface area (TPSA) is 69.1 Å². The molecule has 5 nitrogen and oxygen atoms in total. The van der Waals surface area contributed by atoms with Gasteiger partial charge < -0.3 is 5.73 Å². The number of halogens is 1. The van der Waals surface area contributed by atoms with E-state index in [1.165, 1.54) is 23.5 Å². The zero-order valence-electron chi connectivity index (χ0n) is 13.7. The van der Waals surface area contributed by atoms with Gasteiger partial charge in [0.2, 0.25) is 4.96 Å². The van der Waals surface area contributed by atoms with E-state index in [-0.39, 0.29) is 11.9 Å². The van der Waals surface area contributed by atoms with Crippen molar-refractivity contribution in [2.45, 2.75) is 22.6 Å². The second-order valence-electron chi connectivity index (χ2n) is 5.84. The minimum atomic E-state index is -0.282. The Morgan fingerprint density at radius 1 is 1.08 bits per heavy atom. The van der Waals surface area contributed by atoms with Crippen LogP contribution in [0.5, 0.6) is 0 Å². The number of thioether (sulfide) groups is 1. The van der Waals surface area contributed by atoms with Crippen LogP contribution < -0.4 is 5.73 Å². The van der Waals surface area contributed by atoms with E-state index in [2.05, 4.69) is 15.3 Å². The van der Waals surface area contributed by atoms with Gasteiger partial charge in [0.05, 0.1) is 6.04 Å². The lowest BCUT2D eigenvalue weighted by molar-refractivity contribution is 0.626. The van der Waals surface area contributed by atoms with Crippen LogP contribution in [0.1, 0.15) is 23.0 Å². The van der Waals surface area contributed by atoms with Crippen LogP contribution in [-0.2, 0) is 12.2 Å². The maximum absolute atomic E-state index is 13.3. The van der Waals surface area contributed by atoms with Gasteiger partial charge in [-0.1, -0.05) is 65.6 Å². The highest BCUT2D eigenvalue weighted by molar-refractivity contribution is 8.00. The zero-order chi connectivity index (χ0) is 17.9. The Kier molecular flexibility index (Phi) is 4.96. The molecule has 1 atom stereocenters. The summed E-state index contributed by atoms with van der Waals surface area (Å²) in [5.41, 5.74) is 8.39. The van der Waals surface area contributed by atoms with E-state index in [9.17, 15) is 4.39 Å². The quantitative estimate of drug-likeness (QED) is 0.511. The van der Waals surface area contributed by atoms with Crippen LogP contribution in [0.3, 0.4) is 0 Å². The fourth-order valence-corrected chi connectivity index (χ4v) is 4.46. The second-order valence-corrected chi connectivity index (χ2v) is 8.01. The lowest BCUT2D eigenvalue weighted by Gasteiger charge is -2.08. The van der Waals surface area contributed by atoms with Gasteiger partial charge in [-0.2, -0.15) is 4.52 Å². The van der Waals surface area contributed by atoms with Crippen molar-refractivity contribution >= 4 is 28.1 Å². The number of benzene rings is 2. The number of rotatable bonds is 6. The standard InChI is InChI=1S/C18H16FN5S2/c19-14-8-4-7-13(9-14)11-25-18-23-24-16(21-22-17(24)26-18)15(20)10-12-5-2-1-3-6-12/h1-9,15H,10-11,20H2. The van der Waals surface area contributed by atoms with Crippen LogP contribution in [0.4, 0.5) is 4.39 Å². The molecule has 2 heterocycles. The summed E-state index contributed by atoms with van der Waals surface area (Å²) in [6, 6.07) is 16.4. The Hall–Kier alpha value is -2.29. The molecular formula is C18H16FN5S2. The average molecular weight is 385 g/mol. The van der Waals surface area contributed by atoms with Gasteiger partial charge in [-0.25, -0.2) is 4.39 Å². The van der Waals surface area contributed by atoms with Crippen molar-refractivity contribution < 1.29 is 4.39 Å². The number of nitrogens with two attached hydrogens (primary N) is 1. The van der Waals surface area contributed by atoms with E-state index in [1.54, 1.807) is 22.3 Å². The molecule has 2 N–H and O–H groups in total. The summed E-state index contributed by atoms with van der Waals surface area (Å²) in [6.45, 7) is 0. The first-order valence-corrected chi connectivity index (χ1v) is 9.88. The van der Waals surface area contributed by atoms with Gasteiger partial charge in [0.15, 0.2) is 10.2 Å². The van der Waals surface area contributed by atoms with Gasteiger partial charge in [-0.05, 0) is 29.7 Å². The van der Waals surface area contributed by atoms with Gasteiger partial charge in [0.25, 0.3) is 0 Å². The summed E-state index contributed by atoms with van der Waals surface area (Å²) in [7, 11) is 0. The van der Waals surface area contributed by atoms with Crippen molar-refractivity contribution in [3.8, 4) is 0 Å². The Morgan fingerprint density at radius 2 is 1.88 bits per heavy atom. The first-order valence-electron chi connectivity index (χ1n) is 8.08.